The Morgan fingerprint density at radius 3 is 2.53 bits per heavy atom. The third kappa shape index (κ3) is 3.75. The van der Waals surface area contributed by atoms with Crippen molar-refractivity contribution >= 4 is 23.4 Å². The normalized spacial score (nSPS) is 23.4. The fraction of sp³-hybridized carbons (Fsp3) is 0.565. The standard InChI is InChI=1S/C23H27ClF2N2O2/c1-2-20(29)28-13-22(14-28)9-10-27(15-23(22,25)26)21(30)19(11-16-5-3-6-16)17-7-4-8-18(24)12-17/h2,4,7-8,12,16,19H,1,3,5-6,9-11,13-15H2. The van der Waals surface area contributed by atoms with Gasteiger partial charge < -0.3 is 9.80 Å². The van der Waals surface area contributed by atoms with Crippen LogP contribution in [-0.4, -0.2) is 53.7 Å². The third-order valence-electron chi connectivity index (χ3n) is 7.15. The maximum absolute atomic E-state index is 15.1. The van der Waals surface area contributed by atoms with Crippen molar-refractivity contribution in [2.45, 2.75) is 43.9 Å². The summed E-state index contributed by atoms with van der Waals surface area (Å²) in [4.78, 5) is 27.8. The highest BCUT2D eigenvalue weighted by molar-refractivity contribution is 6.30. The van der Waals surface area contributed by atoms with Crippen LogP contribution in [0.25, 0.3) is 0 Å². The van der Waals surface area contributed by atoms with Crippen LogP contribution in [0.5, 0.6) is 0 Å². The van der Waals surface area contributed by atoms with Crippen LogP contribution in [0.1, 0.15) is 43.6 Å². The molecule has 1 aliphatic carbocycles. The van der Waals surface area contributed by atoms with Crippen LogP contribution in [0.15, 0.2) is 36.9 Å². The number of halogens is 3. The van der Waals surface area contributed by atoms with E-state index in [2.05, 4.69) is 6.58 Å². The zero-order chi connectivity index (χ0) is 21.5. The van der Waals surface area contributed by atoms with E-state index in [-0.39, 0.29) is 37.9 Å². The van der Waals surface area contributed by atoms with Gasteiger partial charge in [0.05, 0.1) is 17.9 Å². The molecule has 1 aromatic carbocycles. The first-order chi connectivity index (χ1) is 14.2. The fourth-order valence-electron chi connectivity index (χ4n) is 4.95. The van der Waals surface area contributed by atoms with E-state index in [1.165, 1.54) is 9.80 Å². The Morgan fingerprint density at radius 1 is 1.23 bits per heavy atom. The molecule has 3 aliphatic rings. The van der Waals surface area contributed by atoms with Crippen molar-refractivity contribution in [2.75, 3.05) is 26.2 Å². The minimum atomic E-state index is -3.03. The first-order valence-electron chi connectivity index (χ1n) is 10.6. The highest BCUT2D eigenvalue weighted by Gasteiger charge is 2.63. The Morgan fingerprint density at radius 2 is 1.97 bits per heavy atom. The molecule has 2 saturated heterocycles. The van der Waals surface area contributed by atoms with E-state index in [0.29, 0.717) is 17.4 Å². The molecule has 0 N–H and O–H groups in total. The highest BCUT2D eigenvalue weighted by Crippen LogP contribution is 2.50. The lowest BCUT2D eigenvalue weighted by atomic mass is 9.68. The average Bonchev–Trinajstić information content (AvgIpc) is 2.64. The van der Waals surface area contributed by atoms with Gasteiger partial charge in [-0.15, -0.1) is 0 Å². The van der Waals surface area contributed by atoms with Gasteiger partial charge in [0.2, 0.25) is 11.8 Å². The van der Waals surface area contributed by atoms with Crippen LogP contribution < -0.4 is 0 Å². The van der Waals surface area contributed by atoms with Crippen molar-refractivity contribution < 1.29 is 18.4 Å². The van der Waals surface area contributed by atoms with E-state index in [1.807, 2.05) is 6.07 Å². The summed E-state index contributed by atoms with van der Waals surface area (Å²) in [6, 6.07) is 7.19. The lowest BCUT2D eigenvalue weighted by Crippen LogP contribution is -2.71. The summed E-state index contributed by atoms with van der Waals surface area (Å²) in [5.74, 6) is -3.58. The monoisotopic (exact) mass is 436 g/mol. The van der Waals surface area contributed by atoms with Crippen LogP contribution in [0.4, 0.5) is 8.78 Å². The number of benzene rings is 1. The molecule has 4 rings (SSSR count). The van der Waals surface area contributed by atoms with Crippen LogP contribution in [-0.2, 0) is 9.59 Å². The Bertz CT molecular complexity index is 849. The van der Waals surface area contributed by atoms with E-state index in [0.717, 1.165) is 30.9 Å². The summed E-state index contributed by atoms with van der Waals surface area (Å²) in [7, 11) is 0. The molecular formula is C23H27ClF2N2O2. The quantitative estimate of drug-likeness (QED) is 0.638. The molecule has 3 fully saturated rings. The number of likely N-dealkylation sites (tertiary alicyclic amines) is 2. The largest absolute Gasteiger partial charge is 0.337 e. The highest BCUT2D eigenvalue weighted by atomic mass is 35.5. The van der Waals surface area contributed by atoms with Crippen LogP contribution >= 0.6 is 11.6 Å². The second-order valence-electron chi connectivity index (χ2n) is 9.03. The molecular weight excluding hydrogens is 410 g/mol. The van der Waals surface area contributed by atoms with Crippen molar-refractivity contribution in [1.82, 2.24) is 9.80 Å². The number of amides is 2. The molecule has 1 unspecified atom stereocenters. The Kier molecular flexibility index (Phi) is 5.64. The number of nitrogens with zero attached hydrogens (tertiary/aromatic N) is 2. The van der Waals surface area contributed by atoms with Crippen molar-refractivity contribution in [3.63, 3.8) is 0 Å². The van der Waals surface area contributed by atoms with Crippen LogP contribution in [0.2, 0.25) is 5.02 Å². The van der Waals surface area contributed by atoms with Gasteiger partial charge in [0.1, 0.15) is 0 Å². The maximum atomic E-state index is 15.1. The topological polar surface area (TPSA) is 40.6 Å². The molecule has 0 aromatic heterocycles. The number of carbonyl (C=O) groups excluding carboxylic acids is 2. The molecule has 162 valence electrons. The zero-order valence-electron chi connectivity index (χ0n) is 17.0. The molecule has 2 aliphatic heterocycles. The van der Waals surface area contributed by atoms with Gasteiger partial charge in [-0.1, -0.05) is 49.6 Å². The summed E-state index contributed by atoms with van der Waals surface area (Å²) in [6.07, 6.45) is 5.34. The molecule has 2 heterocycles. The van der Waals surface area contributed by atoms with Gasteiger partial charge in [-0.3, -0.25) is 9.59 Å². The smallest absolute Gasteiger partial charge is 0.274 e. The second-order valence-corrected chi connectivity index (χ2v) is 9.47. The van der Waals surface area contributed by atoms with Gasteiger partial charge in [-0.2, -0.15) is 0 Å². The fourth-order valence-corrected chi connectivity index (χ4v) is 5.15. The van der Waals surface area contributed by atoms with Gasteiger partial charge in [-0.05, 0) is 42.5 Å². The number of rotatable bonds is 5. The number of hydrogen-bond acceptors (Lipinski definition) is 2. The van der Waals surface area contributed by atoms with Crippen molar-refractivity contribution in [1.29, 1.82) is 0 Å². The van der Waals surface area contributed by atoms with Crippen molar-refractivity contribution in [2.24, 2.45) is 11.3 Å². The van der Waals surface area contributed by atoms with Gasteiger partial charge in [0.15, 0.2) is 0 Å². The van der Waals surface area contributed by atoms with Gasteiger partial charge in [-0.25, -0.2) is 8.78 Å². The van der Waals surface area contributed by atoms with E-state index in [9.17, 15) is 9.59 Å². The minimum absolute atomic E-state index is 0.0205. The van der Waals surface area contributed by atoms with E-state index in [1.54, 1.807) is 18.2 Å². The van der Waals surface area contributed by atoms with Crippen LogP contribution in [0.3, 0.4) is 0 Å². The Labute approximate surface area is 180 Å². The zero-order valence-corrected chi connectivity index (χ0v) is 17.7. The number of alkyl halides is 2. The Balaban J connectivity index is 1.49. The number of hydrogen-bond donors (Lipinski definition) is 0. The van der Waals surface area contributed by atoms with Crippen molar-refractivity contribution in [3.8, 4) is 0 Å². The molecule has 30 heavy (non-hydrogen) atoms. The first-order valence-corrected chi connectivity index (χ1v) is 11.0. The molecule has 0 bridgehead atoms. The summed E-state index contributed by atoms with van der Waals surface area (Å²) in [5.41, 5.74) is -0.434. The predicted octanol–water partition coefficient (Wildman–Crippen LogP) is 4.50. The van der Waals surface area contributed by atoms with E-state index < -0.39 is 23.8 Å². The van der Waals surface area contributed by atoms with E-state index >= 15 is 8.78 Å². The summed E-state index contributed by atoms with van der Waals surface area (Å²) >= 11 is 6.14. The molecule has 1 saturated carbocycles. The maximum Gasteiger partial charge on any atom is 0.274 e. The van der Waals surface area contributed by atoms with E-state index in [4.69, 9.17) is 11.6 Å². The third-order valence-corrected chi connectivity index (χ3v) is 7.39. The second kappa shape index (κ2) is 7.95. The van der Waals surface area contributed by atoms with Crippen molar-refractivity contribution in [3.05, 3.63) is 47.5 Å². The van der Waals surface area contributed by atoms with Crippen LogP contribution in [0, 0.1) is 11.3 Å². The predicted molar refractivity (Wildman–Crippen MR) is 112 cm³/mol. The molecule has 2 amide bonds. The number of carbonyl (C=O) groups is 2. The lowest BCUT2D eigenvalue weighted by Gasteiger charge is -2.57. The number of piperidine rings is 1. The molecule has 7 heteroatoms. The minimum Gasteiger partial charge on any atom is -0.337 e. The Hall–Kier alpha value is -1.95. The summed E-state index contributed by atoms with van der Waals surface area (Å²) in [6.45, 7) is 3.15. The summed E-state index contributed by atoms with van der Waals surface area (Å²) in [5, 5.41) is 0.545. The molecule has 1 spiro atoms. The van der Waals surface area contributed by atoms with Gasteiger partial charge >= 0.3 is 0 Å². The van der Waals surface area contributed by atoms with Gasteiger partial charge in [0, 0.05) is 24.7 Å². The molecule has 4 nitrogen and oxygen atoms in total. The molecule has 1 aromatic rings. The summed E-state index contributed by atoms with van der Waals surface area (Å²) < 4.78 is 30.3. The molecule has 1 atom stereocenters. The average molecular weight is 437 g/mol. The lowest BCUT2D eigenvalue weighted by molar-refractivity contribution is -0.223. The first kappa shape index (κ1) is 21.3. The van der Waals surface area contributed by atoms with Gasteiger partial charge in [0.25, 0.3) is 5.92 Å². The SMILES string of the molecule is C=CC(=O)N1CC2(CCN(C(=O)C(CC3CCC3)c3cccc(Cl)c3)CC2(F)F)C1. The molecule has 0 radical (unpaired) electrons.